The van der Waals surface area contributed by atoms with Gasteiger partial charge >= 0.3 is 5.97 Å². The highest BCUT2D eigenvalue weighted by molar-refractivity contribution is 5.81. The minimum Gasteiger partial charge on any atom is -0.461 e. The molecule has 152 valence electrons. The molecule has 0 amide bonds. The largest absolute Gasteiger partial charge is 0.461 e. The number of benzene rings is 1. The molecule has 3 atom stereocenters. The number of carbonyl (C=O) groups excluding carboxylic acids is 1. The second kappa shape index (κ2) is 8.29. The van der Waals surface area contributed by atoms with Gasteiger partial charge < -0.3 is 9.30 Å². The minimum atomic E-state index is -0.436. The number of esters is 1. The number of ether oxygens (including phenoxy) is 1. The average molecular weight is 387 g/mol. The van der Waals surface area contributed by atoms with Crippen LogP contribution in [0.2, 0.25) is 0 Å². The van der Waals surface area contributed by atoms with Gasteiger partial charge in [-0.3, -0.25) is 14.9 Å². The van der Waals surface area contributed by atoms with Crippen LogP contribution >= 0.6 is 0 Å². The number of carbonyl (C=O) groups is 1. The Morgan fingerprint density at radius 1 is 1.39 bits per heavy atom. The molecule has 7 nitrogen and oxygen atoms in total. The van der Waals surface area contributed by atoms with Crippen molar-refractivity contribution in [3.63, 3.8) is 0 Å². The van der Waals surface area contributed by atoms with Gasteiger partial charge in [-0.2, -0.15) is 0 Å². The molecule has 1 aromatic carbocycles. The van der Waals surface area contributed by atoms with Crippen LogP contribution in [0.3, 0.4) is 0 Å². The van der Waals surface area contributed by atoms with E-state index in [1.165, 1.54) is 18.6 Å². The third-order valence-electron chi connectivity index (χ3n) is 5.87. The Morgan fingerprint density at radius 2 is 2.14 bits per heavy atom. The van der Waals surface area contributed by atoms with Crippen LogP contribution in [0.5, 0.6) is 0 Å². The summed E-state index contributed by atoms with van der Waals surface area (Å²) in [6.45, 7) is 8.62. The number of aromatic nitrogens is 2. The summed E-state index contributed by atoms with van der Waals surface area (Å²) in [5, 5.41) is 11.0. The predicted molar refractivity (Wildman–Crippen MR) is 107 cm³/mol. The number of nitro groups is 1. The van der Waals surface area contributed by atoms with Crippen molar-refractivity contribution in [2.24, 2.45) is 17.8 Å². The van der Waals surface area contributed by atoms with E-state index >= 15 is 0 Å². The zero-order chi connectivity index (χ0) is 20.4. The van der Waals surface area contributed by atoms with E-state index in [1.54, 1.807) is 6.07 Å². The SMILES string of the molecule is CCc1nc2cc([N+](=O)[O-])ccc2n1CC(=O)O[C@@H]1C[C@H](C)CC[C@H]1C(C)C. The topological polar surface area (TPSA) is 87.3 Å². The minimum absolute atomic E-state index is 0.00153. The number of non-ortho nitro benzene ring substituents is 1. The van der Waals surface area contributed by atoms with E-state index in [0.29, 0.717) is 29.7 Å². The van der Waals surface area contributed by atoms with Gasteiger partial charge in [-0.25, -0.2) is 4.98 Å². The molecule has 0 bridgehead atoms. The van der Waals surface area contributed by atoms with E-state index in [9.17, 15) is 14.9 Å². The second-order valence-electron chi connectivity index (χ2n) is 8.25. The third kappa shape index (κ3) is 4.18. The number of nitro benzene ring substituents is 1. The monoisotopic (exact) mass is 387 g/mol. The van der Waals surface area contributed by atoms with Crippen molar-refractivity contribution in [1.29, 1.82) is 0 Å². The van der Waals surface area contributed by atoms with Crippen LogP contribution in [0.25, 0.3) is 11.0 Å². The number of fused-ring (bicyclic) bond motifs is 1. The van der Waals surface area contributed by atoms with Crippen LogP contribution in [-0.2, 0) is 22.5 Å². The number of imidazole rings is 1. The van der Waals surface area contributed by atoms with E-state index in [4.69, 9.17) is 4.74 Å². The quantitative estimate of drug-likeness (QED) is 0.413. The standard InChI is InChI=1S/C21H29N3O4/c1-5-20-22-17-11-15(24(26)27)7-9-18(17)23(20)12-21(25)28-19-10-14(4)6-8-16(19)13(2)3/h7,9,11,13-14,16,19H,5-6,8,10,12H2,1-4H3/t14-,16+,19-/m1/s1. The Hall–Kier alpha value is -2.44. The number of hydrogen-bond donors (Lipinski definition) is 0. The molecule has 2 aromatic rings. The molecule has 1 fully saturated rings. The van der Waals surface area contributed by atoms with E-state index < -0.39 is 4.92 Å². The first-order valence-electron chi connectivity index (χ1n) is 10.1. The summed E-state index contributed by atoms with van der Waals surface area (Å²) in [5.74, 6) is 1.90. The lowest BCUT2D eigenvalue weighted by Crippen LogP contribution is -2.36. The zero-order valence-corrected chi connectivity index (χ0v) is 17.1. The number of aryl methyl sites for hydroxylation is 1. The molecule has 7 heteroatoms. The molecule has 1 aromatic heterocycles. The maximum Gasteiger partial charge on any atom is 0.326 e. The van der Waals surface area contributed by atoms with Crippen molar-refractivity contribution in [3.8, 4) is 0 Å². The molecule has 1 aliphatic rings. The summed E-state index contributed by atoms with van der Waals surface area (Å²) in [6, 6.07) is 4.56. The molecule has 0 spiro atoms. The number of rotatable bonds is 6. The van der Waals surface area contributed by atoms with Crippen LogP contribution < -0.4 is 0 Å². The van der Waals surface area contributed by atoms with Crippen molar-refractivity contribution in [1.82, 2.24) is 9.55 Å². The Balaban J connectivity index is 1.81. The van der Waals surface area contributed by atoms with E-state index in [2.05, 4.69) is 25.8 Å². The molecule has 0 unspecified atom stereocenters. The average Bonchev–Trinajstić information content (AvgIpc) is 2.98. The van der Waals surface area contributed by atoms with Gasteiger partial charge in [0.2, 0.25) is 0 Å². The molecular weight excluding hydrogens is 358 g/mol. The Kier molecular flexibility index (Phi) is 6.01. The Morgan fingerprint density at radius 3 is 2.79 bits per heavy atom. The van der Waals surface area contributed by atoms with Gasteiger partial charge in [0, 0.05) is 18.6 Å². The Labute approximate surface area is 165 Å². The summed E-state index contributed by atoms with van der Waals surface area (Å²) in [5.41, 5.74) is 1.25. The van der Waals surface area contributed by atoms with Gasteiger partial charge in [0.1, 0.15) is 18.5 Å². The van der Waals surface area contributed by atoms with E-state index in [0.717, 1.165) is 24.2 Å². The number of nitrogens with zero attached hydrogens (tertiary/aromatic N) is 3. The number of hydrogen-bond acceptors (Lipinski definition) is 5. The van der Waals surface area contributed by atoms with Gasteiger partial charge in [-0.1, -0.05) is 34.1 Å². The maximum atomic E-state index is 12.8. The molecule has 1 aliphatic carbocycles. The molecule has 0 aliphatic heterocycles. The normalized spacial score (nSPS) is 22.5. The van der Waals surface area contributed by atoms with Gasteiger partial charge in [0.25, 0.3) is 5.69 Å². The molecule has 0 radical (unpaired) electrons. The maximum absolute atomic E-state index is 12.8. The van der Waals surface area contributed by atoms with Crippen LogP contribution in [-0.4, -0.2) is 26.5 Å². The van der Waals surface area contributed by atoms with E-state index in [-0.39, 0.29) is 24.3 Å². The highest BCUT2D eigenvalue weighted by atomic mass is 16.6. The van der Waals surface area contributed by atoms with Gasteiger partial charge in [-0.15, -0.1) is 0 Å². The first-order valence-corrected chi connectivity index (χ1v) is 10.1. The van der Waals surface area contributed by atoms with Crippen LogP contribution in [0.1, 0.15) is 52.8 Å². The summed E-state index contributed by atoms with van der Waals surface area (Å²) < 4.78 is 7.74. The molecule has 3 rings (SSSR count). The summed E-state index contributed by atoms with van der Waals surface area (Å²) in [6.07, 6.45) is 3.77. The van der Waals surface area contributed by atoms with Gasteiger partial charge in [0.15, 0.2) is 0 Å². The third-order valence-corrected chi connectivity index (χ3v) is 5.87. The lowest BCUT2D eigenvalue weighted by molar-refractivity contribution is -0.384. The smallest absolute Gasteiger partial charge is 0.326 e. The molecule has 1 saturated carbocycles. The van der Waals surface area contributed by atoms with Gasteiger partial charge in [-0.05, 0) is 36.7 Å². The highest BCUT2D eigenvalue weighted by Crippen LogP contribution is 2.35. The van der Waals surface area contributed by atoms with E-state index in [1.807, 2.05) is 11.5 Å². The summed E-state index contributed by atoms with van der Waals surface area (Å²) in [4.78, 5) is 27.8. The van der Waals surface area contributed by atoms with Crippen molar-refractivity contribution < 1.29 is 14.5 Å². The lowest BCUT2D eigenvalue weighted by atomic mass is 9.75. The molecule has 28 heavy (non-hydrogen) atoms. The lowest BCUT2D eigenvalue weighted by Gasteiger charge is -2.36. The first-order chi connectivity index (χ1) is 13.3. The summed E-state index contributed by atoms with van der Waals surface area (Å²) >= 11 is 0. The molecule has 1 heterocycles. The van der Waals surface area contributed by atoms with Crippen LogP contribution in [0.4, 0.5) is 5.69 Å². The van der Waals surface area contributed by atoms with Crippen molar-refractivity contribution in [3.05, 3.63) is 34.1 Å². The van der Waals surface area contributed by atoms with Crippen LogP contribution in [0.15, 0.2) is 18.2 Å². The Bertz CT molecular complexity index is 874. The fourth-order valence-corrected chi connectivity index (χ4v) is 4.31. The van der Waals surface area contributed by atoms with Crippen LogP contribution in [0, 0.1) is 27.9 Å². The van der Waals surface area contributed by atoms with Crippen molar-refractivity contribution in [2.75, 3.05) is 0 Å². The fraction of sp³-hybridized carbons (Fsp3) is 0.619. The molecule has 0 N–H and O–H groups in total. The fourth-order valence-electron chi connectivity index (χ4n) is 4.31. The zero-order valence-electron chi connectivity index (χ0n) is 17.1. The molecular formula is C21H29N3O4. The van der Waals surface area contributed by atoms with Crippen molar-refractivity contribution >= 4 is 22.7 Å². The highest BCUT2D eigenvalue weighted by Gasteiger charge is 2.33. The van der Waals surface area contributed by atoms with Gasteiger partial charge in [0.05, 0.1) is 16.0 Å². The second-order valence-corrected chi connectivity index (χ2v) is 8.25. The summed E-state index contributed by atoms with van der Waals surface area (Å²) in [7, 11) is 0. The molecule has 0 saturated heterocycles. The predicted octanol–water partition coefficient (Wildman–Crippen LogP) is 4.51. The van der Waals surface area contributed by atoms with Crippen molar-refractivity contribution in [2.45, 2.75) is 66.0 Å². The first kappa shape index (κ1) is 20.3.